The topological polar surface area (TPSA) is 104 Å². The summed E-state index contributed by atoms with van der Waals surface area (Å²) in [6.07, 6.45) is 0. The average molecular weight is 369 g/mol. The second kappa shape index (κ2) is 8.29. The quantitative estimate of drug-likeness (QED) is 0.616. The molecule has 1 N–H and O–H groups in total. The lowest BCUT2D eigenvalue weighted by molar-refractivity contribution is -0.384. The van der Waals surface area contributed by atoms with Crippen LogP contribution in [0.5, 0.6) is 0 Å². The number of non-ortho nitro benzene ring substituents is 1. The van der Waals surface area contributed by atoms with Gasteiger partial charge in [0.2, 0.25) is 0 Å². The molecule has 2 heterocycles. The number of nitriles is 1. The number of anilines is 1. The largest absolute Gasteiger partial charge is 0.379 e. The number of hydrogen-bond acceptors (Lipinski definition) is 7. The van der Waals surface area contributed by atoms with Crippen molar-refractivity contribution in [3.63, 3.8) is 0 Å². The van der Waals surface area contributed by atoms with Crippen LogP contribution >= 0.6 is 0 Å². The summed E-state index contributed by atoms with van der Waals surface area (Å²) < 4.78 is 5.44. The predicted octanol–water partition coefficient (Wildman–Crippen LogP) is 2.78. The summed E-state index contributed by atoms with van der Waals surface area (Å²) in [5, 5.41) is 24.3. The molecule has 1 unspecified atom stereocenters. The number of nitro benzene ring substituents is 1. The van der Waals surface area contributed by atoms with E-state index in [9.17, 15) is 15.4 Å². The number of fused-ring (bicyclic) bond motifs is 1. The maximum Gasteiger partial charge on any atom is 0.270 e. The smallest absolute Gasteiger partial charge is 0.270 e. The summed E-state index contributed by atoms with van der Waals surface area (Å²) >= 11 is 0. The van der Waals surface area contributed by atoms with Crippen molar-refractivity contribution in [3.8, 4) is 6.07 Å². The molecular formula is C19H23N5O3. The van der Waals surface area contributed by atoms with Crippen molar-refractivity contribution in [3.05, 3.63) is 39.9 Å². The zero-order chi connectivity index (χ0) is 19.4. The van der Waals surface area contributed by atoms with Crippen LogP contribution in [0.2, 0.25) is 0 Å². The van der Waals surface area contributed by atoms with Crippen molar-refractivity contribution in [2.75, 3.05) is 38.2 Å². The summed E-state index contributed by atoms with van der Waals surface area (Å²) in [6, 6.07) is 8.49. The van der Waals surface area contributed by atoms with Crippen LogP contribution in [-0.4, -0.2) is 53.7 Å². The van der Waals surface area contributed by atoms with Gasteiger partial charge in [0, 0.05) is 43.2 Å². The Morgan fingerprint density at radius 1 is 1.37 bits per heavy atom. The molecule has 0 amide bonds. The fourth-order valence-electron chi connectivity index (χ4n) is 3.42. The molecule has 8 nitrogen and oxygen atoms in total. The molecule has 1 atom stereocenters. The average Bonchev–Trinajstić information content (AvgIpc) is 2.67. The van der Waals surface area contributed by atoms with Crippen LogP contribution in [0.1, 0.15) is 19.4 Å². The summed E-state index contributed by atoms with van der Waals surface area (Å²) in [5.74, 6) is 1.06. The standard InChI is InChI=1S/C19H23N5O3/c1-13(2)18(23-5-7-27-8-6-23)12-21-19-9-14(11-20)16-10-15(24(25)26)3-4-17(16)22-19/h3-4,9-10,13,18H,5-8,12H2,1-2H3,(H,21,22). The normalized spacial score (nSPS) is 16.2. The Balaban J connectivity index is 1.82. The molecule has 1 aromatic carbocycles. The molecule has 1 fully saturated rings. The third kappa shape index (κ3) is 4.32. The van der Waals surface area contributed by atoms with Crippen molar-refractivity contribution in [2.24, 2.45) is 5.92 Å². The van der Waals surface area contributed by atoms with E-state index in [-0.39, 0.29) is 5.69 Å². The van der Waals surface area contributed by atoms with Gasteiger partial charge in [0.25, 0.3) is 5.69 Å². The second-order valence-electron chi connectivity index (χ2n) is 6.97. The minimum Gasteiger partial charge on any atom is -0.379 e. The predicted molar refractivity (Wildman–Crippen MR) is 103 cm³/mol. The zero-order valence-corrected chi connectivity index (χ0v) is 15.5. The molecule has 8 heteroatoms. The minimum atomic E-state index is -0.470. The molecule has 27 heavy (non-hydrogen) atoms. The zero-order valence-electron chi connectivity index (χ0n) is 15.5. The molecule has 0 aliphatic carbocycles. The maximum absolute atomic E-state index is 11.0. The van der Waals surface area contributed by atoms with E-state index in [0.29, 0.717) is 40.8 Å². The summed E-state index contributed by atoms with van der Waals surface area (Å²) in [7, 11) is 0. The van der Waals surface area contributed by atoms with E-state index in [0.717, 1.165) is 26.3 Å². The van der Waals surface area contributed by atoms with E-state index in [1.807, 2.05) is 0 Å². The van der Waals surface area contributed by atoms with Gasteiger partial charge in [-0.05, 0) is 18.1 Å². The van der Waals surface area contributed by atoms with Crippen LogP contribution in [0.25, 0.3) is 10.9 Å². The van der Waals surface area contributed by atoms with Crippen molar-refractivity contribution in [2.45, 2.75) is 19.9 Å². The van der Waals surface area contributed by atoms with Crippen molar-refractivity contribution < 1.29 is 9.66 Å². The third-order valence-corrected chi connectivity index (χ3v) is 4.90. The fourth-order valence-corrected chi connectivity index (χ4v) is 3.42. The number of benzene rings is 1. The Bertz CT molecular complexity index is 872. The number of morpholine rings is 1. The van der Waals surface area contributed by atoms with Gasteiger partial charge < -0.3 is 10.1 Å². The second-order valence-corrected chi connectivity index (χ2v) is 6.97. The number of hydrogen-bond donors (Lipinski definition) is 1. The molecule has 1 aliphatic rings. The Morgan fingerprint density at radius 3 is 2.74 bits per heavy atom. The first kappa shape index (κ1) is 19.0. The Kier molecular flexibility index (Phi) is 5.84. The van der Waals surface area contributed by atoms with Crippen molar-refractivity contribution >= 4 is 22.4 Å². The number of ether oxygens (including phenoxy) is 1. The summed E-state index contributed by atoms with van der Waals surface area (Å²) in [4.78, 5) is 17.5. The molecule has 0 radical (unpaired) electrons. The number of nitro groups is 1. The first-order valence-corrected chi connectivity index (χ1v) is 9.04. The first-order chi connectivity index (χ1) is 13.0. The monoisotopic (exact) mass is 369 g/mol. The lowest BCUT2D eigenvalue weighted by Gasteiger charge is -2.37. The molecule has 0 saturated carbocycles. The van der Waals surface area contributed by atoms with Gasteiger partial charge in [-0.3, -0.25) is 15.0 Å². The maximum atomic E-state index is 11.0. The fraction of sp³-hybridized carbons (Fsp3) is 0.474. The van der Waals surface area contributed by atoms with Crippen molar-refractivity contribution in [1.82, 2.24) is 9.88 Å². The molecule has 0 bridgehead atoms. The van der Waals surface area contributed by atoms with E-state index in [1.54, 1.807) is 12.1 Å². The van der Waals surface area contributed by atoms with E-state index in [1.165, 1.54) is 12.1 Å². The molecule has 3 rings (SSSR count). The molecular weight excluding hydrogens is 346 g/mol. The van der Waals surface area contributed by atoms with Crippen molar-refractivity contribution in [1.29, 1.82) is 5.26 Å². The molecule has 1 aromatic heterocycles. The van der Waals surface area contributed by atoms with E-state index in [2.05, 4.69) is 35.1 Å². The van der Waals surface area contributed by atoms with Gasteiger partial charge in [-0.1, -0.05) is 13.8 Å². The Morgan fingerprint density at radius 2 is 2.11 bits per heavy atom. The SMILES string of the molecule is CC(C)C(CNc1cc(C#N)c2cc([N+](=O)[O-])ccc2n1)N1CCOCC1. The summed E-state index contributed by atoms with van der Waals surface area (Å²) in [6.45, 7) is 8.38. The number of aromatic nitrogens is 1. The molecule has 1 saturated heterocycles. The highest BCUT2D eigenvalue weighted by atomic mass is 16.6. The van der Waals surface area contributed by atoms with Crippen LogP contribution in [0, 0.1) is 27.4 Å². The highest BCUT2D eigenvalue weighted by molar-refractivity contribution is 5.88. The minimum absolute atomic E-state index is 0.0475. The van der Waals surface area contributed by atoms with Gasteiger partial charge in [0.1, 0.15) is 5.82 Å². The lowest BCUT2D eigenvalue weighted by atomic mass is 10.0. The van der Waals surface area contributed by atoms with Gasteiger partial charge in [0.05, 0.1) is 35.3 Å². The first-order valence-electron chi connectivity index (χ1n) is 9.04. The van der Waals surface area contributed by atoms with E-state index in [4.69, 9.17) is 4.74 Å². The number of pyridine rings is 1. The van der Waals surface area contributed by atoms with Crippen LogP contribution in [0.15, 0.2) is 24.3 Å². The highest BCUT2D eigenvalue weighted by Gasteiger charge is 2.24. The van der Waals surface area contributed by atoms with E-state index < -0.39 is 4.92 Å². The molecule has 1 aliphatic heterocycles. The van der Waals surface area contributed by atoms with Gasteiger partial charge in [-0.2, -0.15) is 5.26 Å². The van der Waals surface area contributed by atoms with Crippen LogP contribution in [-0.2, 0) is 4.74 Å². The summed E-state index contributed by atoms with van der Waals surface area (Å²) in [5.41, 5.74) is 0.891. The van der Waals surface area contributed by atoms with Gasteiger partial charge in [-0.25, -0.2) is 4.98 Å². The lowest BCUT2D eigenvalue weighted by Crippen LogP contribution is -2.49. The van der Waals surface area contributed by atoms with E-state index >= 15 is 0 Å². The van der Waals surface area contributed by atoms with Gasteiger partial charge in [0.15, 0.2) is 0 Å². The molecule has 0 spiro atoms. The number of nitrogens with one attached hydrogen (secondary N) is 1. The number of rotatable bonds is 6. The van der Waals surface area contributed by atoms with Gasteiger partial charge >= 0.3 is 0 Å². The molecule has 142 valence electrons. The highest BCUT2D eigenvalue weighted by Crippen LogP contribution is 2.25. The van der Waals surface area contributed by atoms with Crippen LogP contribution < -0.4 is 5.32 Å². The molecule has 2 aromatic rings. The van der Waals surface area contributed by atoms with Crippen LogP contribution in [0.4, 0.5) is 11.5 Å². The van der Waals surface area contributed by atoms with Gasteiger partial charge in [-0.15, -0.1) is 0 Å². The Labute approximate surface area is 157 Å². The van der Waals surface area contributed by atoms with Crippen LogP contribution in [0.3, 0.4) is 0 Å². The Hall–Kier alpha value is -2.76. The third-order valence-electron chi connectivity index (χ3n) is 4.90. The number of nitrogens with zero attached hydrogens (tertiary/aromatic N) is 4.